The van der Waals surface area contributed by atoms with Crippen molar-refractivity contribution < 1.29 is 8.42 Å². The fourth-order valence-corrected chi connectivity index (χ4v) is 5.57. The van der Waals surface area contributed by atoms with Gasteiger partial charge in [0.25, 0.3) is 10.0 Å². The SMILES string of the molecule is CNCC1Cc2ccc(CCNS(=O)(=O)c3cn(C)cn3)cc2C1Cc1ccccc1. The minimum atomic E-state index is -3.58. The molecule has 2 aromatic carbocycles. The standard InChI is InChI=1S/C24H30N4O2S/c1-25-15-21-14-20-9-8-19(10-11-27-31(29,30)24-16-28(2)17-26-24)13-22(20)23(21)12-18-6-4-3-5-7-18/h3-9,13,16-17,21,23,25,27H,10-12,14-15H2,1-2H3. The summed E-state index contributed by atoms with van der Waals surface area (Å²) >= 11 is 0. The number of hydrogen-bond acceptors (Lipinski definition) is 4. The van der Waals surface area contributed by atoms with Crippen LogP contribution in [0.2, 0.25) is 0 Å². The molecule has 31 heavy (non-hydrogen) atoms. The van der Waals surface area contributed by atoms with Crippen LogP contribution >= 0.6 is 0 Å². The lowest BCUT2D eigenvalue weighted by atomic mass is 9.86. The Kier molecular flexibility index (Phi) is 6.55. The van der Waals surface area contributed by atoms with Gasteiger partial charge in [-0.05, 0) is 66.9 Å². The molecule has 1 aromatic heterocycles. The Labute approximate surface area is 184 Å². The van der Waals surface area contributed by atoms with E-state index < -0.39 is 10.0 Å². The van der Waals surface area contributed by atoms with Gasteiger partial charge in [0.05, 0.1) is 6.33 Å². The second-order valence-electron chi connectivity index (χ2n) is 8.38. The topological polar surface area (TPSA) is 76.0 Å². The number of rotatable bonds is 9. The molecule has 0 spiro atoms. The maximum absolute atomic E-state index is 12.4. The van der Waals surface area contributed by atoms with Crippen LogP contribution < -0.4 is 10.0 Å². The molecule has 4 rings (SSSR count). The monoisotopic (exact) mass is 438 g/mol. The molecule has 0 amide bonds. The van der Waals surface area contributed by atoms with Crippen molar-refractivity contribution >= 4 is 10.0 Å². The maximum atomic E-state index is 12.4. The van der Waals surface area contributed by atoms with Crippen LogP contribution in [0, 0.1) is 5.92 Å². The van der Waals surface area contributed by atoms with Gasteiger partial charge in [-0.15, -0.1) is 0 Å². The van der Waals surface area contributed by atoms with E-state index in [1.54, 1.807) is 11.6 Å². The third kappa shape index (κ3) is 5.06. The molecule has 7 heteroatoms. The second kappa shape index (κ2) is 9.34. The van der Waals surface area contributed by atoms with Crippen molar-refractivity contribution in [1.82, 2.24) is 19.6 Å². The van der Waals surface area contributed by atoms with Crippen molar-refractivity contribution in [3.05, 3.63) is 83.3 Å². The number of hydrogen-bond donors (Lipinski definition) is 2. The summed E-state index contributed by atoms with van der Waals surface area (Å²) in [6, 6.07) is 17.3. The molecule has 1 heterocycles. The van der Waals surface area contributed by atoms with Crippen LogP contribution in [0.1, 0.15) is 28.2 Å². The van der Waals surface area contributed by atoms with Crippen LogP contribution in [0.4, 0.5) is 0 Å². The Bertz CT molecular complexity index is 1130. The fraction of sp³-hybridized carbons (Fsp3) is 0.375. The lowest BCUT2D eigenvalue weighted by Crippen LogP contribution is -2.26. The smallest absolute Gasteiger partial charge is 0.259 e. The van der Waals surface area contributed by atoms with Crippen LogP contribution in [0.3, 0.4) is 0 Å². The van der Waals surface area contributed by atoms with E-state index >= 15 is 0 Å². The molecular weight excluding hydrogens is 408 g/mol. The molecule has 0 fully saturated rings. The zero-order chi connectivity index (χ0) is 21.8. The van der Waals surface area contributed by atoms with Gasteiger partial charge in [-0.1, -0.05) is 48.5 Å². The summed E-state index contributed by atoms with van der Waals surface area (Å²) in [7, 11) is 0.190. The van der Waals surface area contributed by atoms with Gasteiger partial charge in [-0.2, -0.15) is 0 Å². The molecule has 1 aliphatic rings. The van der Waals surface area contributed by atoms with E-state index in [2.05, 4.69) is 63.6 Å². The van der Waals surface area contributed by atoms with E-state index in [0.717, 1.165) is 24.9 Å². The summed E-state index contributed by atoms with van der Waals surface area (Å²) < 4.78 is 29.1. The molecule has 0 saturated heterocycles. The molecule has 2 atom stereocenters. The van der Waals surface area contributed by atoms with Crippen molar-refractivity contribution in [2.24, 2.45) is 13.0 Å². The minimum Gasteiger partial charge on any atom is -0.339 e. The second-order valence-corrected chi connectivity index (χ2v) is 10.1. The highest BCUT2D eigenvalue weighted by Gasteiger charge is 2.32. The van der Waals surface area contributed by atoms with Crippen LogP contribution in [0.25, 0.3) is 0 Å². The highest BCUT2D eigenvalue weighted by molar-refractivity contribution is 7.89. The third-order valence-electron chi connectivity index (χ3n) is 6.09. The maximum Gasteiger partial charge on any atom is 0.259 e. The van der Waals surface area contributed by atoms with Crippen LogP contribution in [0.15, 0.2) is 66.1 Å². The number of benzene rings is 2. The molecule has 2 unspecified atom stereocenters. The quantitative estimate of drug-likeness (QED) is 0.539. The van der Waals surface area contributed by atoms with E-state index in [4.69, 9.17) is 0 Å². The van der Waals surface area contributed by atoms with Gasteiger partial charge >= 0.3 is 0 Å². The largest absolute Gasteiger partial charge is 0.339 e. The van der Waals surface area contributed by atoms with E-state index in [1.807, 2.05) is 7.05 Å². The van der Waals surface area contributed by atoms with Gasteiger partial charge in [0.15, 0.2) is 5.03 Å². The van der Waals surface area contributed by atoms with Gasteiger partial charge in [-0.3, -0.25) is 0 Å². The third-order valence-corrected chi connectivity index (χ3v) is 7.43. The summed E-state index contributed by atoms with van der Waals surface area (Å²) in [4.78, 5) is 3.94. The first-order valence-electron chi connectivity index (χ1n) is 10.7. The van der Waals surface area contributed by atoms with E-state index in [0.29, 0.717) is 24.8 Å². The first kappa shape index (κ1) is 21.7. The fourth-order valence-electron chi connectivity index (χ4n) is 4.56. The van der Waals surface area contributed by atoms with Crippen LogP contribution in [-0.4, -0.2) is 38.1 Å². The zero-order valence-electron chi connectivity index (χ0n) is 18.1. The number of nitrogens with zero attached hydrogens (tertiary/aromatic N) is 2. The number of aromatic nitrogens is 2. The number of sulfonamides is 1. The molecule has 0 radical (unpaired) electrons. The lowest BCUT2D eigenvalue weighted by molar-refractivity contribution is 0.436. The predicted octanol–water partition coefficient (Wildman–Crippen LogP) is 2.66. The van der Waals surface area contributed by atoms with Crippen LogP contribution in [-0.2, 0) is 36.3 Å². The van der Waals surface area contributed by atoms with Gasteiger partial charge in [-0.25, -0.2) is 18.1 Å². The molecule has 3 aromatic rings. The number of imidazole rings is 1. The zero-order valence-corrected chi connectivity index (χ0v) is 18.9. The molecule has 2 N–H and O–H groups in total. The summed E-state index contributed by atoms with van der Waals surface area (Å²) in [6.07, 6.45) is 5.75. The minimum absolute atomic E-state index is 0.0572. The summed E-state index contributed by atoms with van der Waals surface area (Å²) in [6.45, 7) is 1.34. The lowest BCUT2D eigenvalue weighted by Gasteiger charge is -2.21. The average Bonchev–Trinajstić information content (AvgIpc) is 3.34. The van der Waals surface area contributed by atoms with E-state index in [9.17, 15) is 8.42 Å². The number of nitrogens with one attached hydrogen (secondary N) is 2. The normalized spacial score (nSPS) is 18.3. The first-order valence-corrected chi connectivity index (χ1v) is 12.2. The van der Waals surface area contributed by atoms with E-state index in [-0.39, 0.29) is 5.03 Å². The van der Waals surface area contributed by atoms with Crippen molar-refractivity contribution in [3.8, 4) is 0 Å². The van der Waals surface area contributed by atoms with E-state index in [1.165, 1.54) is 29.2 Å². The molecule has 0 saturated carbocycles. The van der Waals surface area contributed by atoms with Gasteiger partial charge in [0.2, 0.25) is 0 Å². The number of fused-ring (bicyclic) bond motifs is 1. The Morgan fingerprint density at radius 3 is 2.65 bits per heavy atom. The summed E-state index contributed by atoms with van der Waals surface area (Å²) in [5, 5.41) is 3.42. The van der Waals surface area contributed by atoms with Crippen molar-refractivity contribution in [2.45, 2.75) is 30.2 Å². The van der Waals surface area contributed by atoms with Crippen molar-refractivity contribution in [3.63, 3.8) is 0 Å². The molecular formula is C24H30N4O2S. The molecule has 1 aliphatic carbocycles. The van der Waals surface area contributed by atoms with Gasteiger partial charge in [0, 0.05) is 19.8 Å². The van der Waals surface area contributed by atoms with Crippen molar-refractivity contribution in [2.75, 3.05) is 20.1 Å². The first-order chi connectivity index (χ1) is 15.0. The van der Waals surface area contributed by atoms with Crippen molar-refractivity contribution in [1.29, 1.82) is 0 Å². The Morgan fingerprint density at radius 1 is 1.13 bits per heavy atom. The predicted molar refractivity (Wildman–Crippen MR) is 123 cm³/mol. The molecule has 6 nitrogen and oxygen atoms in total. The summed E-state index contributed by atoms with van der Waals surface area (Å²) in [5.74, 6) is 1.04. The Balaban J connectivity index is 1.47. The summed E-state index contributed by atoms with van der Waals surface area (Å²) in [5.41, 5.74) is 5.34. The Hall–Kier alpha value is -2.48. The van der Waals surface area contributed by atoms with Gasteiger partial charge < -0.3 is 9.88 Å². The molecule has 164 valence electrons. The average molecular weight is 439 g/mol. The van der Waals surface area contributed by atoms with Crippen LogP contribution in [0.5, 0.6) is 0 Å². The molecule has 0 bridgehead atoms. The van der Waals surface area contributed by atoms with Gasteiger partial charge in [0.1, 0.15) is 0 Å². The highest BCUT2D eigenvalue weighted by atomic mass is 32.2. The Morgan fingerprint density at radius 2 is 1.94 bits per heavy atom. The highest BCUT2D eigenvalue weighted by Crippen LogP contribution is 2.40. The number of aryl methyl sites for hydroxylation is 1. The molecule has 0 aliphatic heterocycles.